The molecule has 0 atom stereocenters. The number of rotatable bonds is 8. The summed E-state index contributed by atoms with van der Waals surface area (Å²) in [6, 6.07) is 22.7. The number of aromatic nitrogens is 3. The van der Waals surface area contributed by atoms with Gasteiger partial charge in [0.2, 0.25) is 0 Å². The van der Waals surface area contributed by atoms with Gasteiger partial charge in [0.1, 0.15) is 11.5 Å². The van der Waals surface area contributed by atoms with E-state index < -0.39 is 0 Å². The number of hydrogen-bond acceptors (Lipinski definition) is 7. The van der Waals surface area contributed by atoms with Crippen molar-refractivity contribution in [1.29, 1.82) is 0 Å². The van der Waals surface area contributed by atoms with E-state index in [1.54, 1.807) is 38.3 Å². The number of amides is 1. The zero-order valence-electron chi connectivity index (χ0n) is 22.1. The van der Waals surface area contributed by atoms with Crippen LogP contribution in [0.5, 0.6) is 11.5 Å². The minimum atomic E-state index is -0.301. The second kappa shape index (κ2) is 11.5. The van der Waals surface area contributed by atoms with E-state index >= 15 is 0 Å². The van der Waals surface area contributed by atoms with Gasteiger partial charge in [0.05, 0.1) is 18.6 Å². The number of nitrogens with zero attached hydrogens (tertiary/aromatic N) is 4. The van der Waals surface area contributed by atoms with Crippen molar-refractivity contribution in [1.82, 2.24) is 20.2 Å². The Morgan fingerprint density at radius 2 is 1.71 bits per heavy atom. The number of hydrogen-bond donors (Lipinski definition) is 2. The summed E-state index contributed by atoms with van der Waals surface area (Å²) in [6.07, 6.45) is 0. The quantitative estimate of drug-likeness (QED) is 0.176. The molecule has 0 saturated heterocycles. The summed E-state index contributed by atoms with van der Waals surface area (Å²) >= 11 is 1.26. The molecule has 0 radical (unpaired) electrons. The molecule has 1 aromatic heterocycles. The van der Waals surface area contributed by atoms with Crippen molar-refractivity contribution >= 4 is 23.4 Å². The molecule has 0 aliphatic rings. The molecule has 4 rings (SSSR count). The zero-order chi connectivity index (χ0) is 27.3. The predicted octanol–water partition coefficient (Wildman–Crippen LogP) is 5.58. The summed E-state index contributed by atoms with van der Waals surface area (Å²) < 4.78 is 7.24. The van der Waals surface area contributed by atoms with Crippen LogP contribution in [0.3, 0.4) is 0 Å². The summed E-state index contributed by atoms with van der Waals surface area (Å²) in [7, 11) is 1.62. The Labute approximate surface area is 226 Å². The number of para-hydroxylation sites is 1. The first-order chi connectivity index (χ1) is 18.2. The van der Waals surface area contributed by atoms with Crippen LogP contribution in [0.25, 0.3) is 17.1 Å². The molecule has 38 heavy (non-hydrogen) atoms. The maximum Gasteiger partial charge on any atom is 0.250 e. The average molecular weight is 530 g/mol. The van der Waals surface area contributed by atoms with E-state index in [-0.39, 0.29) is 22.8 Å². The van der Waals surface area contributed by atoms with Gasteiger partial charge in [-0.15, -0.1) is 10.2 Å². The maximum atomic E-state index is 12.6. The van der Waals surface area contributed by atoms with Gasteiger partial charge in [-0.3, -0.25) is 9.36 Å². The number of phenolic OH excluding ortho intramolecular Hbond substituents is 1. The van der Waals surface area contributed by atoms with Crippen LogP contribution in [-0.2, 0) is 10.2 Å². The molecule has 8 nitrogen and oxygen atoms in total. The van der Waals surface area contributed by atoms with Crippen LogP contribution < -0.4 is 10.2 Å². The number of ether oxygens (including phenoxy) is 1. The van der Waals surface area contributed by atoms with E-state index in [0.717, 1.165) is 17.0 Å². The molecule has 9 heteroatoms. The van der Waals surface area contributed by atoms with Gasteiger partial charge >= 0.3 is 0 Å². The van der Waals surface area contributed by atoms with E-state index in [1.165, 1.54) is 17.3 Å². The Kier molecular flexibility index (Phi) is 8.16. The topological polar surface area (TPSA) is 102 Å². The van der Waals surface area contributed by atoms with Gasteiger partial charge < -0.3 is 9.84 Å². The minimum absolute atomic E-state index is 0.0383. The van der Waals surface area contributed by atoms with Crippen molar-refractivity contribution in [3.8, 4) is 28.6 Å². The fourth-order valence-electron chi connectivity index (χ4n) is 3.78. The number of carbonyl (C=O) groups excluding carboxylic acids is 1. The Hall–Kier alpha value is -4.11. The highest BCUT2D eigenvalue weighted by atomic mass is 32.2. The Balaban J connectivity index is 1.57. The van der Waals surface area contributed by atoms with Crippen LogP contribution >= 0.6 is 11.8 Å². The van der Waals surface area contributed by atoms with Crippen molar-refractivity contribution in [2.75, 3.05) is 12.9 Å². The van der Waals surface area contributed by atoms with Gasteiger partial charge in [0.15, 0.2) is 11.0 Å². The number of phenols is 1. The molecule has 0 spiro atoms. The highest BCUT2D eigenvalue weighted by Crippen LogP contribution is 2.30. The van der Waals surface area contributed by atoms with Crippen molar-refractivity contribution in [3.63, 3.8) is 0 Å². The SMILES string of the molecule is COc1ccc(-n2c(SCC(=O)N/N=C(/C)c3ccccc3O)nnc2-c2ccc(C(C)(C)C)cc2)cc1. The predicted molar refractivity (Wildman–Crippen MR) is 151 cm³/mol. The van der Waals surface area contributed by atoms with Gasteiger partial charge in [-0.05, 0) is 54.3 Å². The standard InChI is InChI=1S/C29H31N5O3S/c1-19(24-8-6-7-9-25(24)35)30-31-26(36)18-38-28-33-32-27(20-10-12-21(13-11-20)29(2,3)4)34(28)22-14-16-23(37-5)17-15-22/h6-17,35H,18H2,1-5H3,(H,31,36)/b30-19-. The molecule has 0 fully saturated rings. The van der Waals surface area contributed by atoms with Gasteiger partial charge in [-0.1, -0.05) is 68.9 Å². The lowest BCUT2D eigenvalue weighted by Crippen LogP contribution is -2.21. The molecule has 0 unspecified atom stereocenters. The van der Waals surface area contributed by atoms with Crippen LogP contribution in [0.4, 0.5) is 0 Å². The van der Waals surface area contributed by atoms with Gasteiger partial charge in [-0.25, -0.2) is 5.43 Å². The summed E-state index contributed by atoms with van der Waals surface area (Å²) in [5.74, 6) is 1.30. The lowest BCUT2D eigenvalue weighted by atomic mass is 9.87. The largest absolute Gasteiger partial charge is 0.507 e. The summed E-state index contributed by atoms with van der Waals surface area (Å²) in [6.45, 7) is 8.25. The molecule has 2 N–H and O–H groups in total. The van der Waals surface area contributed by atoms with Gasteiger partial charge in [-0.2, -0.15) is 5.10 Å². The molecule has 0 aliphatic carbocycles. The lowest BCUT2D eigenvalue weighted by Gasteiger charge is -2.19. The second-order valence-electron chi connectivity index (χ2n) is 9.70. The molecule has 0 bridgehead atoms. The molecule has 3 aromatic carbocycles. The fraction of sp³-hybridized carbons (Fsp3) is 0.241. The summed E-state index contributed by atoms with van der Waals surface area (Å²) in [5, 5.41) is 23.6. The molecule has 0 saturated carbocycles. The first kappa shape index (κ1) is 26.9. The third-order valence-electron chi connectivity index (χ3n) is 5.95. The maximum absolute atomic E-state index is 12.6. The highest BCUT2D eigenvalue weighted by molar-refractivity contribution is 7.99. The molecular formula is C29H31N5O3S. The molecular weight excluding hydrogens is 498 g/mol. The molecule has 0 aliphatic heterocycles. The van der Waals surface area contributed by atoms with E-state index in [0.29, 0.717) is 22.3 Å². The number of aromatic hydroxyl groups is 1. The van der Waals surface area contributed by atoms with Crippen molar-refractivity contribution in [3.05, 3.63) is 83.9 Å². The number of thioether (sulfide) groups is 1. The zero-order valence-corrected chi connectivity index (χ0v) is 22.9. The number of benzene rings is 3. The molecule has 1 amide bonds. The second-order valence-corrected chi connectivity index (χ2v) is 10.6. The number of nitrogens with one attached hydrogen (secondary N) is 1. The smallest absolute Gasteiger partial charge is 0.250 e. The van der Waals surface area contributed by atoms with Crippen LogP contribution in [0.1, 0.15) is 38.8 Å². The third-order valence-corrected chi connectivity index (χ3v) is 6.88. The number of carbonyl (C=O) groups is 1. The number of hydrazone groups is 1. The normalized spacial score (nSPS) is 11.9. The summed E-state index contributed by atoms with van der Waals surface area (Å²) in [4.78, 5) is 12.6. The van der Waals surface area contributed by atoms with Gasteiger partial charge in [0.25, 0.3) is 5.91 Å². The average Bonchev–Trinajstić information content (AvgIpc) is 3.34. The highest BCUT2D eigenvalue weighted by Gasteiger charge is 2.19. The van der Waals surface area contributed by atoms with Crippen LogP contribution in [0, 0.1) is 0 Å². The van der Waals surface area contributed by atoms with Crippen LogP contribution in [0.15, 0.2) is 83.1 Å². The van der Waals surface area contributed by atoms with E-state index in [1.807, 2.05) is 41.0 Å². The molecule has 1 heterocycles. The summed E-state index contributed by atoms with van der Waals surface area (Å²) in [5.41, 5.74) is 6.64. The molecule has 196 valence electrons. The van der Waals surface area contributed by atoms with Crippen LogP contribution in [0.2, 0.25) is 0 Å². The first-order valence-corrected chi connectivity index (χ1v) is 13.1. The fourth-order valence-corrected chi connectivity index (χ4v) is 4.53. The Morgan fingerprint density at radius 1 is 1.03 bits per heavy atom. The minimum Gasteiger partial charge on any atom is -0.507 e. The van der Waals surface area contributed by atoms with Crippen molar-refractivity contribution in [2.45, 2.75) is 38.3 Å². The van der Waals surface area contributed by atoms with E-state index in [9.17, 15) is 9.90 Å². The van der Waals surface area contributed by atoms with Gasteiger partial charge in [0, 0.05) is 16.8 Å². The Morgan fingerprint density at radius 3 is 2.34 bits per heavy atom. The third kappa shape index (κ3) is 6.23. The first-order valence-electron chi connectivity index (χ1n) is 12.1. The van der Waals surface area contributed by atoms with Crippen molar-refractivity contribution in [2.24, 2.45) is 5.10 Å². The van der Waals surface area contributed by atoms with E-state index in [4.69, 9.17) is 4.74 Å². The number of methoxy groups -OCH3 is 1. The van der Waals surface area contributed by atoms with Crippen molar-refractivity contribution < 1.29 is 14.6 Å². The van der Waals surface area contributed by atoms with E-state index in [2.05, 4.69) is 53.6 Å². The Bertz CT molecular complexity index is 1440. The van der Waals surface area contributed by atoms with Crippen LogP contribution in [-0.4, -0.2) is 44.4 Å². The monoisotopic (exact) mass is 529 g/mol. The molecule has 4 aromatic rings. The lowest BCUT2D eigenvalue weighted by molar-refractivity contribution is -0.118.